The Hall–Kier alpha value is -2.56. The lowest BCUT2D eigenvalue weighted by molar-refractivity contribution is 0.211. The van der Waals surface area contributed by atoms with Crippen LogP contribution in [-0.2, 0) is 6.54 Å². The van der Waals surface area contributed by atoms with Gasteiger partial charge >= 0.3 is 6.03 Å². The molecule has 0 radical (unpaired) electrons. The van der Waals surface area contributed by atoms with Crippen molar-refractivity contribution in [3.8, 4) is 0 Å². The van der Waals surface area contributed by atoms with E-state index in [1.54, 1.807) is 17.0 Å². The Morgan fingerprint density at radius 1 is 1.29 bits per heavy atom. The van der Waals surface area contributed by atoms with Crippen LogP contribution in [0.3, 0.4) is 0 Å². The van der Waals surface area contributed by atoms with Gasteiger partial charge in [0.15, 0.2) is 0 Å². The van der Waals surface area contributed by atoms with Crippen LogP contribution < -0.4 is 11.1 Å². The number of hydrogen-bond donors (Lipinski definition) is 2. The minimum atomic E-state index is -0.161. The van der Waals surface area contributed by atoms with E-state index in [1.165, 1.54) is 0 Å². The lowest BCUT2D eigenvalue weighted by Crippen LogP contribution is -2.34. The maximum atomic E-state index is 12.3. The number of carbonyl (C=O) groups is 1. The SMILES string of the molecule is CCN(Cc1cccc(C)n1)C(=O)Nc1cccc(N)c1. The number of nitrogen functional groups attached to an aromatic ring is 1. The Bertz CT molecular complexity index is 627. The van der Waals surface area contributed by atoms with Gasteiger partial charge in [0.05, 0.1) is 12.2 Å². The number of hydrogen-bond acceptors (Lipinski definition) is 3. The van der Waals surface area contributed by atoms with Crippen LogP contribution >= 0.6 is 0 Å². The molecule has 0 bridgehead atoms. The van der Waals surface area contributed by atoms with Crippen LogP contribution in [0.4, 0.5) is 16.2 Å². The van der Waals surface area contributed by atoms with E-state index >= 15 is 0 Å². The van der Waals surface area contributed by atoms with Gasteiger partial charge in [-0.2, -0.15) is 0 Å². The summed E-state index contributed by atoms with van der Waals surface area (Å²) in [6, 6.07) is 12.8. The second-order valence-electron chi connectivity index (χ2n) is 4.84. The molecule has 5 heteroatoms. The third-order valence-electron chi connectivity index (χ3n) is 3.11. The van der Waals surface area contributed by atoms with Crippen LogP contribution in [0.15, 0.2) is 42.5 Å². The third-order valence-corrected chi connectivity index (χ3v) is 3.11. The lowest BCUT2D eigenvalue weighted by atomic mass is 10.3. The zero-order valence-corrected chi connectivity index (χ0v) is 12.3. The maximum Gasteiger partial charge on any atom is 0.322 e. The zero-order chi connectivity index (χ0) is 15.2. The van der Waals surface area contributed by atoms with Crippen molar-refractivity contribution >= 4 is 17.4 Å². The first-order valence-corrected chi connectivity index (χ1v) is 6.92. The van der Waals surface area contributed by atoms with Gasteiger partial charge in [0, 0.05) is 23.6 Å². The molecule has 2 aromatic rings. The molecule has 0 spiro atoms. The van der Waals surface area contributed by atoms with E-state index < -0.39 is 0 Å². The van der Waals surface area contributed by atoms with Gasteiger partial charge in [0.1, 0.15) is 0 Å². The van der Waals surface area contributed by atoms with Gasteiger partial charge < -0.3 is 16.0 Å². The number of nitrogens with zero attached hydrogens (tertiary/aromatic N) is 2. The molecule has 0 aliphatic carbocycles. The topological polar surface area (TPSA) is 71.2 Å². The normalized spacial score (nSPS) is 10.2. The molecule has 1 aromatic carbocycles. The summed E-state index contributed by atoms with van der Waals surface area (Å²) in [5.41, 5.74) is 8.84. The number of urea groups is 1. The fourth-order valence-corrected chi connectivity index (χ4v) is 2.03. The van der Waals surface area contributed by atoms with Gasteiger partial charge in [-0.1, -0.05) is 12.1 Å². The van der Waals surface area contributed by atoms with Crippen LogP contribution in [0.5, 0.6) is 0 Å². The summed E-state index contributed by atoms with van der Waals surface area (Å²) in [6.07, 6.45) is 0. The molecule has 110 valence electrons. The first-order valence-electron chi connectivity index (χ1n) is 6.92. The minimum absolute atomic E-state index is 0.161. The summed E-state index contributed by atoms with van der Waals surface area (Å²) in [5.74, 6) is 0. The minimum Gasteiger partial charge on any atom is -0.399 e. The number of nitrogens with two attached hydrogens (primary N) is 1. The van der Waals surface area contributed by atoms with E-state index in [2.05, 4.69) is 10.3 Å². The van der Waals surface area contributed by atoms with Crippen molar-refractivity contribution in [2.45, 2.75) is 20.4 Å². The molecule has 0 aliphatic heterocycles. The van der Waals surface area contributed by atoms with E-state index in [0.717, 1.165) is 11.4 Å². The highest BCUT2D eigenvalue weighted by molar-refractivity contribution is 5.89. The van der Waals surface area contributed by atoms with Crippen molar-refractivity contribution in [1.29, 1.82) is 0 Å². The van der Waals surface area contributed by atoms with E-state index in [0.29, 0.717) is 24.5 Å². The predicted molar refractivity (Wildman–Crippen MR) is 84.9 cm³/mol. The predicted octanol–water partition coefficient (Wildman–Crippen LogP) is 3.03. The quantitative estimate of drug-likeness (QED) is 0.848. The highest BCUT2D eigenvalue weighted by Crippen LogP contribution is 2.13. The second kappa shape index (κ2) is 6.74. The first kappa shape index (κ1) is 14.8. The van der Waals surface area contributed by atoms with E-state index in [-0.39, 0.29) is 6.03 Å². The van der Waals surface area contributed by atoms with Crippen molar-refractivity contribution in [2.75, 3.05) is 17.6 Å². The van der Waals surface area contributed by atoms with E-state index in [1.807, 2.05) is 44.2 Å². The maximum absolute atomic E-state index is 12.3. The summed E-state index contributed by atoms with van der Waals surface area (Å²) < 4.78 is 0. The summed E-state index contributed by atoms with van der Waals surface area (Å²) in [6.45, 7) is 4.96. The van der Waals surface area contributed by atoms with E-state index in [9.17, 15) is 4.79 Å². The molecule has 5 nitrogen and oxygen atoms in total. The lowest BCUT2D eigenvalue weighted by Gasteiger charge is -2.21. The Balaban J connectivity index is 2.05. The van der Waals surface area contributed by atoms with Crippen molar-refractivity contribution in [2.24, 2.45) is 0 Å². The Morgan fingerprint density at radius 3 is 2.71 bits per heavy atom. The molecule has 0 aliphatic rings. The molecule has 0 fully saturated rings. The van der Waals surface area contributed by atoms with Gasteiger partial charge in [0.2, 0.25) is 0 Å². The average molecular weight is 284 g/mol. The number of carbonyl (C=O) groups excluding carboxylic acids is 1. The molecule has 0 saturated carbocycles. The molecule has 2 amide bonds. The summed E-state index contributed by atoms with van der Waals surface area (Å²) in [7, 11) is 0. The molecule has 1 heterocycles. The van der Waals surface area contributed by atoms with Gasteiger partial charge in [-0.15, -0.1) is 0 Å². The largest absolute Gasteiger partial charge is 0.399 e. The molecule has 0 unspecified atom stereocenters. The molecular weight excluding hydrogens is 264 g/mol. The first-order chi connectivity index (χ1) is 10.1. The molecular formula is C16H20N4O. The van der Waals surface area contributed by atoms with Crippen molar-refractivity contribution in [1.82, 2.24) is 9.88 Å². The molecule has 0 atom stereocenters. The van der Waals surface area contributed by atoms with Crippen LogP contribution in [0.25, 0.3) is 0 Å². The summed E-state index contributed by atoms with van der Waals surface area (Å²) in [4.78, 5) is 18.4. The Labute approximate surface area is 124 Å². The number of aryl methyl sites for hydroxylation is 1. The van der Waals surface area contributed by atoms with Crippen LogP contribution in [0, 0.1) is 6.92 Å². The number of aromatic nitrogens is 1. The van der Waals surface area contributed by atoms with Crippen molar-refractivity contribution in [3.05, 3.63) is 53.9 Å². The van der Waals surface area contributed by atoms with Crippen molar-refractivity contribution in [3.63, 3.8) is 0 Å². The number of pyridine rings is 1. The summed E-state index contributed by atoms with van der Waals surface area (Å²) >= 11 is 0. The fraction of sp³-hybridized carbons (Fsp3) is 0.250. The van der Waals surface area contributed by atoms with Gasteiger partial charge in [-0.05, 0) is 44.2 Å². The third kappa shape index (κ3) is 4.21. The molecule has 3 N–H and O–H groups in total. The number of nitrogens with one attached hydrogen (secondary N) is 1. The fourth-order valence-electron chi connectivity index (χ4n) is 2.03. The highest BCUT2D eigenvalue weighted by Gasteiger charge is 2.13. The standard InChI is InChI=1S/C16H20N4O/c1-3-20(11-15-9-4-6-12(2)18-15)16(21)19-14-8-5-7-13(17)10-14/h4-10H,3,11,17H2,1-2H3,(H,19,21). The van der Waals surface area contributed by atoms with Gasteiger partial charge in [0.25, 0.3) is 0 Å². The summed E-state index contributed by atoms with van der Waals surface area (Å²) in [5, 5.41) is 2.85. The Morgan fingerprint density at radius 2 is 2.05 bits per heavy atom. The van der Waals surface area contributed by atoms with Crippen molar-refractivity contribution < 1.29 is 4.79 Å². The van der Waals surface area contributed by atoms with Gasteiger partial charge in [-0.25, -0.2) is 4.79 Å². The van der Waals surface area contributed by atoms with Crippen LogP contribution in [0.2, 0.25) is 0 Å². The highest BCUT2D eigenvalue weighted by atomic mass is 16.2. The smallest absolute Gasteiger partial charge is 0.322 e. The molecule has 0 saturated heterocycles. The molecule has 1 aromatic heterocycles. The van der Waals surface area contributed by atoms with Crippen LogP contribution in [-0.4, -0.2) is 22.5 Å². The number of benzene rings is 1. The molecule has 21 heavy (non-hydrogen) atoms. The van der Waals surface area contributed by atoms with E-state index in [4.69, 9.17) is 5.73 Å². The molecule has 2 rings (SSSR count). The van der Waals surface area contributed by atoms with Crippen LogP contribution in [0.1, 0.15) is 18.3 Å². The Kier molecular flexibility index (Phi) is 4.77. The number of rotatable bonds is 4. The average Bonchev–Trinajstić information content (AvgIpc) is 2.44. The number of amides is 2. The second-order valence-corrected chi connectivity index (χ2v) is 4.84. The number of anilines is 2. The zero-order valence-electron chi connectivity index (χ0n) is 12.3. The monoisotopic (exact) mass is 284 g/mol. The van der Waals surface area contributed by atoms with Gasteiger partial charge in [-0.3, -0.25) is 4.98 Å².